The van der Waals surface area contributed by atoms with Gasteiger partial charge in [-0.1, -0.05) is 25.5 Å². The normalized spacial score (nSPS) is 11.0. The maximum atomic E-state index is 12.3. The Kier molecular flexibility index (Phi) is 6.89. The van der Waals surface area contributed by atoms with Crippen LogP contribution in [0.1, 0.15) is 31.7 Å². The number of anilines is 2. The van der Waals surface area contributed by atoms with E-state index in [2.05, 4.69) is 27.2 Å². The van der Waals surface area contributed by atoms with Gasteiger partial charge < -0.3 is 30.7 Å². The molecule has 30 heavy (non-hydrogen) atoms. The van der Waals surface area contributed by atoms with Crippen molar-refractivity contribution < 1.29 is 14.6 Å². The molecule has 2 heterocycles. The van der Waals surface area contributed by atoms with Gasteiger partial charge in [0.1, 0.15) is 5.52 Å². The summed E-state index contributed by atoms with van der Waals surface area (Å²) in [5.41, 5.74) is 7.91. The number of hydrogen-bond acceptors (Lipinski definition) is 8. The number of nitrogens with one attached hydrogen (secondary N) is 2. The van der Waals surface area contributed by atoms with Crippen LogP contribution in [0.2, 0.25) is 0 Å². The van der Waals surface area contributed by atoms with E-state index in [-0.39, 0.29) is 23.9 Å². The lowest BCUT2D eigenvalue weighted by atomic mass is 10.1. The maximum absolute atomic E-state index is 12.3. The fourth-order valence-corrected chi connectivity index (χ4v) is 3.04. The molecule has 0 aliphatic heterocycles. The first-order valence-corrected chi connectivity index (χ1v) is 9.89. The molecule has 0 saturated carbocycles. The van der Waals surface area contributed by atoms with Crippen molar-refractivity contribution in [1.82, 2.24) is 19.5 Å². The van der Waals surface area contributed by atoms with Crippen molar-refractivity contribution in [3.63, 3.8) is 0 Å². The van der Waals surface area contributed by atoms with Gasteiger partial charge in [-0.05, 0) is 30.5 Å². The highest BCUT2D eigenvalue weighted by Gasteiger charge is 2.14. The third-order valence-corrected chi connectivity index (χ3v) is 4.52. The summed E-state index contributed by atoms with van der Waals surface area (Å²) in [6.07, 6.45) is 2.35. The second-order valence-electron chi connectivity index (χ2n) is 6.90. The first-order valence-electron chi connectivity index (χ1n) is 9.89. The van der Waals surface area contributed by atoms with E-state index in [4.69, 9.17) is 10.5 Å². The number of nitrogen functional groups attached to an aromatic ring is 1. The highest BCUT2D eigenvalue weighted by Crippen LogP contribution is 2.18. The van der Waals surface area contributed by atoms with Gasteiger partial charge in [-0.25, -0.2) is 4.79 Å². The van der Waals surface area contributed by atoms with Crippen molar-refractivity contribution in [2.45, 2.75) is 39.2 Å². The number of carbonyl (C=O) groups is 1. The lowest BCUT2D eigenvalue weighted by molar-refractivity contribution is -0.304. The summed E-state index contributed by atoms with van der Waals surface area (Å²) in [4.78, 5) is 34.2. The van der Waals surface area contributed by atoms with Gasteiger partial charge in [0.05, 0.1) is 6.61 Å². The number of aromatic nitrogens is 4. The number of carbonyl (C=O) groups excluding carboxylic acids is 1. The summed E-state index contributed by atoms with van der Waals surface area (Å²) >= 11 is 0. The molecular weight excluding hydrogens is 388 g/mol. The van der Waals surface area contributed by atoms with Gasteiger partial charge >= 0.3 is 11.7 Å². The smallest absolute Gasteiger partial charge is 0.327 e. The van der Waals surface area contributed by atoms with Crippen LogP contribution in [-0.4, -0.2) is 38.6 Å². The topological polar surface area (TPSA) is 151 Å². The molecule has 0 fully saturated rings. The Hall–Kier alpha value is -3.56. The van der Waals surface area contributed by atoms with Gasteiger partial charge in [-0.3, -0.25) is 4.57 Å². The molecule has 0 spiro atoms. The summed E-state index contributed by atoms with van der Waals surface area (Å²) in [5.74, 6) is -0.949. The number of aromatic amines is 1. The number of fused-ring (bicyclic) bond motifs is 1. The number of benzene rings is 1. The molecule has 10 nitrogen and oxygen atoms in total. The van der Waals surface area contributed by atoms with E-state index < -0.39 is 5.97 Å². The highest BCUT2D eigenvalue weighted by atomic mass is 16.5. The first kappa shape index (κ1) is 21.2. The number of H-pyrrole nitrogens is 1. The molecule has 2 aromatic heterocycles. The predicted molar refractivity (Wildman–Crippen MR) is 111 cm³/mol. The fraction of sp³-hybridized carbons (Fsp3) is 0.400. The van der Waals surface area contributed by atoms with Crippen LogP contribution >= 0.6 is 0 Å². The van der Waals surface area contributed by atoms with Crippen LogP contribution in [0.25, 0.3) is 11.2 Å². The number of carboxylic acid groups (broad SMARTS) is 1. The van der Waals surface area contributed by atoms with Crippen LogP contribution in [0.15, 0.2) is 29.1 Å². The zero-order valence-electron chi connectivity index (χ0n) is 16.8. The summed E-state index contributed by atoms with van der Waals surface area (Å²) in [6.45, 7) is 3.53. The minimum absolute atomic E-state index is 0.135. The number of nitrogens with two attached hydrogens (primary N) is 1. The van der Waals surface area contributed by atoms with Crippen LogP contribution in [0.5, 0.6) is 6.01 Å². The number of imidazole rings is 1. The Balaban J connectivity index is 1.65. The van der Waals surface area contributed by atoms with E-state index in [1.54, 1.807) is 18.2 Å². The van der Waals surface area contributed by atoms with Crippen molar-refractivity contribution in [2.24, 2.45) is 0 Å². The van der Waals surface area contributed by atoms with Crippen molar-refractivity contribution in [2.75, 3.05) is 24.2 Å². The molecule has 3 aromatic rings. The van der Waals surface area contributed by atoms with Crippen LogP contribution in [0, 0.1) is 0 Å². The molecular formula is C20H25N6O4-. The zero-order valence-corrected chi connectivity index (χ0v) is 16.8. The van der Waals surface area contributed by atoms with Crippen LogP contribution < -0.4 is 26.6 Å². The minimum Gasteiger partial charge on any atom is -0.550 e. The number of aliphatic carboxylic acids is 1. The van der Waals surface area contributed by atoms with Crippen molar-refractivity contribution >= 4 is 28.6 Å². The van der Waals surface area contributed by atoms with E-state index in [1.807, 2.05) is 6.07 Å². The molecule has 0 amide bonds. The standard InChI is InChI=1S/C20H26N6O4/c1-2-3-10-30-19-24-17(21)16-18(25-19)26(20(29)23-16)9-5-8-22-14-7-4-6-13(11-14)12-15(27)28/h4,6-7,11,22H,2-3,5,8-10,12H2,1H3,(H,23,29)(H,27,28)(H2,21,24,25)/p-1. The third kappa shape index (κ3) is 5.28. The van der Waals surface area contributed by atoms with E-state index >= 15 is 0 Å². The summed E-state index contributed by atoms with van der Waals surface area (Å²) < 4.78 is 7.04. The Morgan fingerprint density at radius 2 is 2.17 bits per heavy atom. The van der Waals surface area contributed by atoms with Crippen LogP contribution in [0.4, 0.5) is 11.5 Å². The van der Waals surface area contributed by atoms with Gasteiger partial charge in [0.25, 0.3) is 0 Å². The predicted octanol–water partition coefficient (Wildman–Crippen LogP) is 0.675. The molecule has 3 rings (SSSR count). The lowest BCUT2D eigenvalue weighted by Crippen LogP contribution is -2.24. The van der Waals surface area contributed by atoms with Crippen molar-refractivity contribution in [3.8, 4) is 6.01 Å². The van der Waals surface area contributed by atoms with E-state index in [0.717, 1.165) is 18.5 Å². The molecule has 1 aromatic carbocycles. The van der Waals surface area contributed by atoms with Gasteiger partial charge in [0.15, 0.2) is 11.5 Å². The van der Waals surface area contributed by atoms with Gasteiger partial charge in [-0.15, -0.1) is 0 Å². The second kappa shape index (κ2) is 9.77. The van der Waals surface area contributed by atoms with Crippen LogP contribution in [-0.2, 0) is 17.8 Å². The number of carboxylic acids is 1. The Bertz CT molecular complexity index is 1070. The van der Waals surface area contributed by atoms with E-state index in [1.165, 1.54) is 4.57 Å². The average Bonchev–Trinajstić information content (AvgIpc) is 3.01. The number of nitrogens with zero attached hydrogens (tertiary/aromatic N) is 3. The number of unbranched alkanes of at least 4 members (excludes halogenated alkanes) is 1. The summed E-state index contributed by atoms with van der Waals surface area (Å²) in [7, 11) is 0. The van der Waals surface area contributed by atoms with Crippen LogP contribution in [0.3, 0.4) is 0 Å². The molecule has 0 atom stereocenters. The number of aryl methyl sites for hydroxylation is 1. The fourth-order valence-electron chi connectivity index (χ4n) is 3.04. The third-order valence-electron chi connectivity index (χ3n) is 4.52. The Morgan fingerprint density at radius 3 is 2.93 bits per heavy atom. The molecule has 0 aliphatic rings. The molecule has 0 unspecified atom stereocenters. The SMILES string of the molecule is CCCCOc1nc(N)c2[nH]c(=O)n(CCCNc3cccc(CC(=O)[O-])c3)c2n1. The molecule has 0 bridgehead atoms. The van der Waals surface area contributed by atoms with Gasteiger partial charge in [-0.2, -0.15) is 9.97 Å². The minimum atomic E-state index is -1.12. The quantitative estimate of drug-likeness (QED) is 0.388. The monoisotopic (exact) mass is 413 g/mol. The summed E-state index contributed by atoms with van der Waals surface area (Å²) in [6, 6.07) is 7.29. The molecule has 0 aliphatic carbocycles. The summed E-state index contributed by atoms with van der Waals surface area (Å²) in [5, 5.41) is 14.0. The average molecular weight is 413 g/mol. The molecule has 10 heteroatoms. The molecule has 160 valence electrons. The largest absolute Gasteiger partial charge is 0.550 e. The molecule has 4 N–H and O–H groups in total. The zero-order chi connectivity index (χ0) is 21.5. The number of ether oxygens (including phenoxy) is 1. The Labute approximate surface area is 173 Å². The van der Waals surface area contributed by atoms with Gasteiger partial charge in [0.2, 0.25) is 0 Å². The van der Waals surface area contributed by atoms with Crippen molar-refractivity contribution in [1.29, 1.82) is 0 Å². The lowest BCUT2D eigenvalue weighted by Gasteiger charge is -2.10. The van der Waals surface area contributed by atoms with E-state index in [9.17, 15) is 14.7 Å². The maximum Gasteiger partial charge on any atom is 0.327 e. The molecule has 0 saturated heterocycles. The van der Waals surface area contributed by atoms with Gasteiger partial charge in [0, 0.05) is 31.2 Å². The number of hydrogen-bond donors (Lipinski definition) is 3. The van der Waals surface area contributed by atoms with Crippen molar-refractivity contribution in [3.05, 3.63) is 40.3 Å². The second-order valence-corrected chi connectivity index (χ2v) is 6.90. The van der Waals surface area contributed by atoms with E-state index in [0.29, 0.717) is 42.8 Å². The number of rotatable bonds is 11. The highest BCUT2D eigenvalue weighted by molar-refractivity contribution is 5.81. The Morgan fingerprint density at radius 1 is 1.33 bits per heavy atom. The molecule has 0 radical (unpaired) electrons. The first-order chi connectivity index (χ1) is 14.5.